The van der Waals surface area contributed by atoms with Gasteiger partial charge in [-0.2, -0.15) is 5.26 Å². The second kappa shape index (κ2) is 7.88. The molecule has 156 valence electrons. The third-order valence-corrected chi connectivity index (χ3v) is 6.74. The van der Waals surface area contributed by atoms with Gasteiger partial charge in [0.25, 0.3) is 0 Å². The second-order valence-electron chi connectivity index (χ2n) is 7.46. The largest absolute Gasteiger partial charge is 0.439 e. The average Bonchev–Trinajstić information content (AvgIpc) is 3.17. The first-order chi connectivity index (χ1) is 15.6. The van der Waals surface area contributed by atoms with Crippen molar-refractivity contribution in [3.63, 3.8) is 0 Å². The molecular formula is C26H18N2O3S. The number of aryl methyl sites for hydroxylation is 1. The van der Waals surface area contributed by atoms with Gasteiger partial charge in [0.1, 0.15) is 17.4 Å². The first-order valence-corrected chi connectivity index (χ1v) is 10.9. The molecule has 0 saturated carbocycles. The van der Waals surface area contributed by atoms with Gasteiger partial charge in [-0.05, 0) is 36.8 Å². The van der Waals surface area contributed by atoms with Gasteiger partial charge in [-0.1, -0.05) is 48.5 Å². The van der Waals surface area contributed by atoms with Crippen LogP contribution in [0.4, 0.5) is 0 Å². The molecule has 6 heteroatoms. The van der Waals surface area contributed by atoms with E-state index < -0.39 is 11.9 Å². The molecule has 5 rings (SSSR count). The quantitative estimate of drug-likeness (QED) is 0.330. The summed E-state index contributed by atoms with van der Waals surface area (Å²) in [5.74, 6) is 0.147. The van der Waals surface area contributed by atoms with E-state index in [1.165, 1.54) is 0 Å². The van der Waals surface area contributed by atoms with E-state index in [4.69, 9.17) is 15.2 Å². The Bertz CT molecular complexity index is 1440. The molecule has 1 unspecified atom stereocenters. The van der Waals surface area contributed by atoms with Gasteiger partial charge < -0.3 is 15.2 Å². The maximum Gasteiger partial charge on any atom is 0.343 e. The Morgan fingerprint density at radius 1 is 1.06 bits per heavy atom. The number of allylic oxidation sites excluding steroid dienone is 1. The topological polar surface area (TPSA) is 85.3 Å². The molecule has 32 heavy (non-hydrogen) atoms. The van der Waals surface area contributed by atoms with Crippen LogP contribution in [0.25, 0.3) is 10.1 Å². The molecule has 4 aromatic rings. The van der Waals surface area contributed by atoms with Crippen LogP contribution >= 0.6 is 11.3 Å². The number of carbonyl (C=O) groups excluding carboxylic acids is 1. The van der Waals surface area contributed by atoms with E-state index >= 15 is 0 Å². The Kier molecular flexibility index (Phi) is 4.89. The van der Waals surface area contributed by atoms with E-state index in [1.807, 2.05) is 55.5 Å². The number of ether oxygens (including phenoxy) is 2. The number of carbonyl (C=O) groups is 1. The summed E-state index contributed by atoms with van der Waals surface area (Å²) in [5.41, 5.74) is 8.48. The molecule has 1 atom stereocenters. The van der Waals surface area contributed by atoms with Crippen LogP contribution in [0.3, 0.4) is 0 Å². The van der Waals surface area contributed by atoms with Crippen LogP contribution in [0.2, 0.25) is 0 Å². The summed E-state index contributed by atoms with van der Waals surface area (Å²) in [7, 11) is 0. The van der Waals surface area contributed by atoms with Crippen LogP contribution in [0.15, 0.2) is 84.3 Å². The van der Waals surface area contributed by atoms with Crippen LogP contribution in [-0.4, -0.2) is 5.97 Å². The first-order valence-electron chi connectivity index (χ1n) is 10.0. The Labute approximate surface area is 188 Å². The van der Waals surface area contributed by atoms with Crippen molar-refractivity contribution >= 4 is 27.4 Å². The second-order valence-corrected chi connectivity index (χ2v) is 8.54. The number of nitrogens with zero attached hydrogens (tertiary/aromatic N) is 1. The molecule has 0 radical (unpaired) electrons. The van der Waals surface area contributed by atoms with Crippen molar-refractivity contribution in [2.24, 2.45) is 5.73 Å². The van der Waals surface area contributed by atoms with Crippen LogP contribution in [0.1, 0.15) is 32.3 Å². The number of fused-ring (bicyclic) bond motifs is 3. The maximum atomic E-state index is 12.9. The Balaban J connectivity index is 1.65. The first kappa shape index (κ1) is 19.9. The molecule has 0 aliphatic carbocycles. The Morgan fingerprint density at radius 2 is 1.78 bits per heavy atom. The number of thiophene rings is 1. The van der Waals surface area contributed by atoms with Gasteiger partial charge in [-0.15, -0.1) is 11.3 Å². The lowest BCUT2D eigenvalue weighted by molar-refractivity contribution is 0.0732. The third kappa shape index (κ3) is 3.20. The molecule has 2 N–H and O–H groups in total. The molecule has 0 fully saturated rings. The van der Waals surface area contributed by atoms with E-state index in [-0.39, 0.29) is 5.88 Å². The number of para-hydroxylation sites is 1. The molecular weight excluding hydrogens is 420 g/mol. The van der Waals surface area contributed by atoms with Crippen molar-refractivity contribution in [1.29, 1.82) is 5.26 Å². The molecule has 1 aliphatic heterocycles. The third-order valence-electron chi connectivity index (χ3n) is 5.52. The van der Waals surface area contributed by atoms with E-state index in [1.54, 1.807) is 35.6 Å². The van der Waals surface area contributed by atoms with Crippen molar-refractivity contribution in [3.8, 4) is 17.6 Å². The highest BCUT2D eigenvalue weighted by Gasteiger charge is 2.35. The summed E-state index contributed by atoms with van der Waals surface area (Å²) in [6, 6.07) is 24.6. The van der Waals surface area contributed by atoms with Gasteiger partial charge in [0.2, 0.25) is 5.88 Å². The summed E-state index contributed by atoms with van der Waals surface area (Å²) in [6.45, 7) is 1.86. The van der Waals surface area contributed by atoms with E-state index in [0.29, 0.717) is 28.2 Å². The lowest BCUT2D eigenvalue weighted by Gasteiger charge is -2.25. The monoisotopic (exact) mass is 438 g/mol. The number of rotatable bonds is 3. The summed E-state index contributed by atoms with van der Waals surface area (Å²) in [4.78, 5) is 13.8. The van der Waals surface area contributed by atoms with Crippen LogP contribution in [-0.2, 0) is 0 Å². The standard InChI is InChI=1S/C26H18N2O3S/c1-15-8-2-3-9-16(15)26(29)30-20-12-6-4-10-17(20)22-19(14-27)25(28)31-23-18-11-5-7-13-21(18)32-24(22)23/h2-13,22H,28H2,1H3. The molecule has 0 bridgehead atoms. The summed E-state index contributed by atoms with van der Waals surface area (Å²) in [6.07, 6.45) is 0. The number of benzene rings is 3. The van der Waals surface area contributed by atoms with Gasteiger partial charge in [0.05, 0.1) is 16.4 Å². The summed E-state index contributed by atoms with van der Waals surface area (Å²) >= 11 is 1.54. The lowest BCUT2D eigenvalue weighted by Crippen LogP contribution is -2.21. The van der Waals surface area contributed by atoms with E-state index in [9.17, 15) is 10.1 Å². The van der Waals surface area contributed by atoms with Gasteiger partial charge in [0.15, 0.2) is 5.75 Å². The van der Waals surface area contributed by atoms with Crippen molar-refractivity contribution in [2.45, 2.75) is 12.8 Å². The number of hydrogen-bond donors (Lipinski definition) is 1. The fourth-order valence-electron chi connectivity index (χ4n) is 3.96. The van der Waals surface area contributed by atoms with E-state index in [0.717, 1.165) is 20.5 Å². The minimum absolute atomic E-state index is 0.0635. The van der Waals surface area contributed by atoms with Gasteiger partial charge in [-0.25, -0.2) is 4.79 Å². The molecule has 1 aliphatic rings. The zero-order valence-corrected chi connectivity index (χ0v) is 18.0. The Hall–Kier alpha value is -4.08. The van der Waals surface area contributed by atoms with Crippen molar-refractivity contribution in [2.75, 3.05) is 0 Å². The summed E-state index contributed by atoms with van der Waals surface area (Å²) < 4.78 is 12.8. The normalized spacial score (nSPS) is 15.1. The molecule has 0 amide bonds. The smallest absolute Gasteiger partial charge is 0.343 e. The highest BCUT2D eigenvalue weighted by Crippen LogP contribution is 2.51. The van der Waals surface area contributed by atoms with E-state index in [2.05, 4.69) is 6.07 Å². The van der Waals surface area contributed by atoms with Gasteiger partial charge in [-0.3, -0.25) is 0 Å². The highest BCUT2D eigenvalue weighted by atomic mass is 32.1. The average molecular weight is 439 g/mol. The fourth-order valence-corrected chi connectivity index (χ4v) is 5.22. The predicted octanol–water partition coefficient (Wildman–Crippen LogP) is 5.65. The minimum atomic E-state index is -0.498. The number of esters is 1. The molecule has 5 nitrogen and oxygen atoms in total. The maximum absolute atomic E-state index is 12.9. The van der Waals surface area contributed by atoms with Gasteiger partial charge in [0, 0.05) is 15.6 Å². The fraction of sp³-hybridized carbons (Fsp3) is 0.0769. The number of nitrogens with two attached hydrogens (primary N) is 1. The lowest BCUT2D eigenvalue weighted by atomic mass is 9.87. The SMILES string of the molecule is Cc1ccccc1C(=O)Oc1ccccc1C1C(C#N)=C(N)Oc2c1sc1ccccc21. The van der Waals surface area contributed by atoms with Crippen LogP contribution in [0.5, 0.6) is 11.5 Å². The van der Waals surface area contributed by atoms with Crippen molar-refractivity contribution in [3.05, 3.63) is 106 Å². The number of nitriles is 1. The highest BCUT2D eigenvalue weighted by molar-refractivity contribution is 7.19. The summed E-state index contributed by atoms with van der Waals surface area (Å²) in [5, 5.41) is 10.8. The van der Waals surface area contributed by atoms with Gasteiger partial charge >= 0.3 is 5.97 Å². The van der Waals surface area contributed by atoms with Crippen molar-refractivity contribution < 1.29 is 14.3 Å². The molecule has 0 spiro atoms. The zero-order valence-electron chi connectivity index (χ0n) is 17.2. The van der Waals surface area contributed by atoms with Crippen LogP contribution in [0, 0.1) is 18.3 Å². The molecule has 3 aromatic carbocycles. The minimum Gasteiger partial charge on any atom is -0.439 e. The number of hydrogen-bond acceptors (Lipinski definition) is 6. The predicted molar refractivity (Wildman–Crippen MR) is 124 cm³/mol. The van der Waals surface area contributed by atoms with Crippen LogP contribution < -0.4 is 15.2 Å². The van der Waals surface area contributed by atoms with Crippen molar-refractivity contribution in [1.82, 2.24) is 0 Å². The molecule has 0 saturated heterocycles. The molecule has 2 heterocycles. The molecule has 1 aromatic heterocycles. The zero-order chi connectivity index (χ0) is 22.2. The Morgan fingerprint density at radius 3 is 2.59 bits per heavy atom.